The lowest BCUT2D eigenvalue weighted by atomic mass is 9.97. The Kier molecular flexibility index (Phi) is 6.52. The van der Waals surface area contributed by atoms with Gasteiger partial charge in [0.1, 0.15) is 11.5 Å². The number of nitrogens with one attached hydrogen (secondary N) is 1. The molecule has 1 aromatic rings. The minimum atomic E-state index is 0.0599. The van der Waals surface area contributed by atoms with Gasteiger partial charge in [0, 0.05) is 19.2 Å². The van der Waals surface area contributed by atoms with E-state index in [2.05, 4.69) is 12.2 Å². The third-order valence-corrected chi connectivity index (χ3v) is 4.05. The van der Waals surface area contributed by atoms with E-state index in [1.165, 1.54) is 0 Å². The number of carbonyl (C=O) groups is 1. The van der Waals surface area contributed by atoms with Crippen LogP contribution in [0.2, 0.25) is 0 Å². The monoisotopic (exact) mass is 306 g/mol. The number of hydrogen-bond donors (Lipinski definition) is 1. The summed E-state index contributed by atoms with van der Waals surface area (Å²) in [7, 11) is 1.61. The second-order valence-corrected chi connectivity index (χ2v) is 5.60. The maximum atomic E-state index is 12.2. The molecule has 0 spiro atoms. The second kappa shape index (κ2) is 8.63. The Hall–Kier alpha value is -1.75. The number of benzene rings is 1. The molecular weight excluding hydrogens is 280 g/mol. The molecule has 1 saturated heterocycles. The summed E-state index contributed by atoms with van der Waals surface area (Å²) < 4.78 is 10.7. The molecule has 0 saturated carbocycles. The molecule has 0 bridgehead atoms. The first-order valence-corrected chi connectivity index (χ1v) is 7.98. The average Bonchev–Trinajstić information content (AvgIpc) is 2.58. The first kappa shape index (κ1) is 16.6. The van der Waals surface area contributed by atoms with Crippen LogP contribution in [0, 0.1) is 5.92 Å². The summed E-state index contributed by atoms with van der Waals surface area (Å²) in [5.74, 6) is 2.14. The van der Waals surface area contributed by atoms with Crippen molar-refractivity contribution in [3.63, 3.8) is 0 Å². The summed E-state index contributed by atoms with van der Waals surface area (Å²) >= 11 is 0. The van der Waals surface area contributed by atoms with Gasteiger partial charge in [-0.15, -0.1) is 0 Å². The van der Waals surface area contributed by atoms with Gasteiger partial charge in [0.2, 0.25) is 0 Å². The van der Waals surface area contributed by atoms with E-state index in [4.69, 9.17) is 9.47 Å². The fraction of sp³-hybridized carbons (Fsp3) is 0.588. The van der Waals surface area contributed by atoms with E-state index in [-0.39, 0.29) is 12.5 Å². The van der Waals surface area contributed by atoms with Crippen molar-refractivity contribution in [3.8, 4) is 11.5 Å². The SMILES string of the molecule is CCNCC1CCN(C(=O)COc2cccc(OC)c2)CC1. The van der Waals surface area contributed by atoms with Crippen LogP contribution in [0.15, 0.2) is 24.3 Å². The van der Waals surface area contributed by atoms with Crippen LogP contribution < -0.4 is 14.8 Å². The highest BCUT2D eigenvalue weighted by Crippen LogP contribution is 2.20. The van der Waals surface area contributed by atoms with Crippen LogP contribution in [0.1, 0.15) is 19.8 Å². The van der Waals surface area contributed by atoms with Crippen LogP contribution in [0.25, 0.3) is 0 Å². The molecule has 1 fully saturated rings. The number of ether oxygens (including phenoxy) is 2. The lowest BCUT2D eigenvalue weighted by Gasteiger charge is -2.32. The Morgan fingerprint density at radius 3 is 2.73 bits per heavy atom. The number of hydrogen-bond acceptors (Lipinski definition) is 4. The van der Waals surface area contributed by atoms with Crippen molar-refractivity contribution in [2.24, 2.45) is 5.92 Å². The lowest BCUT2D eigenvalue weighted by molar-refractivity contribution is -0.134. The van der Waals surface area contributed by atoms with E-state index in [0.29, 0.717) is 11.7 Å². The van der Waals surface area contributed by atoms with Crippen LogP contribution in [0.4, 0.5) is 0 Å². The predicted molar refractivity (Wildman–Crippen MR) is 86.3 cm³/mol. The molecule has 1 aliphatic heterocycles. The van der Waals surface area contributed by atoms with E-state index in [9.17, 15) is 4.79 Å². The summed E-state index contributed by atoms with van der Waals surface area (Å²) in [6.07, 6.45) is 2.13. The van der Waals surface area contributed by atoms with Gasteiger partial charge in [0.05, 0.1) is 7.11 Å². The Labute approximate surface area is 132 Å². The largest absolute Gasteiger partial charge is 0.497 e. The Morgan fingerprint density at radius 2 is 2.05 bits per heavy atom. The molecule has 0 aliphatic carbocycles. The van der Waals surface area contributed by atoms with Crippen LogP contribution >= 0.6 is 0 Å². The van der Waals surface area contributed by atoms with Crippen molar-refractivity contribution in [2.45, 2.75) is 19.8 Å². The molecule has 2 rings (SSSR count). The zero-order chi connectivity index (χ0) is 15.8. The van der Waals surface area contributed by atoms with Crippen LogP contribution in [-0.4, -0.2) is 50.7 Å². The fourth-order valence-corrected chi connectivity index (χ4v) is 2.66. The minimum absolute atomic E-state index is 0.0599. The highest BCUT2D eigenvalue weighted by Gasteiger charge is 2.22. The minimum Gasteiger partial charge on any atom is -0.497 e. The third-order valence-electron chi connectivity index (χ3n) is 4.05. The van der Waals surface area contributed by atoms with E-state index >= 15 is 0 Å². The number of rotatable bonds is 7. The summed E-state index contributed by atoms with van der Waals surface area (Å²) in [6, 6.07) is 7.32. The Balaban J connectivity index is 1.74. The third kappa shape index (κ3) is 4.91. The van der Waals surface area contributed by atoms with Crippen LogP contribution in [0.3, 0.4) is 0 Å². The van der Waals surface area contributed by atoms with Gasteiger partial charge >= 0.3 is 0 Å². The van der Waals surface area contributed by atoms with Gasteiger partial charge < -0.3 is 19.7 Å². The van der Waals surface area contributed by atoms with E-state index in [1.807, 2.05) is 23.1 Å². The molecule has 1 N–H and O–H groups in total. The first-order valence-electron chi connectivity index (χ1n) is 7.98. The van der Waals surface area contributed by atoms with Gasteiger partial charge in [-0.3, -0.25) is 4.79 Å². The molecule has 0 aromatic heterocycles. The molecular formula is C17H26N2O3. The normalized spacial score (nSPS) is 15.6. The predicted octanol–water partition coefficient (Wildman–Crippen LogP) is 1.92. The standard InChI is InChI=1S/C17H26N2O3/c1-3-18-12-14-7-9-19(10-8-14)17(20)13-22-16-6-4-5-15(11-16)21-2/h4-6,11,14,18H,3,7-10,12-13H2,1-2H3. The first-order chi connectivity index (χ1) is 10.7. The molecule has 1 amide bonds. The van der Waals surface area contributed by atoms with E-state index in [0.717, 1.165) is 44.8 Å². The second-order valence-electron chi connectivity index (χ2n) is 5.60. The molecule has 1 aliphatic rings. The highest BCUT2D eigenvalue weighted by molar-refractivity contribution is 5.77. The maximum absolute atomic E-state index is 12.2. The van der Waals surface area contributed by atoms with Gasteiger partial charge in [-0.25, -0.2) is 0 Å². The molecule has 5 heteroatoms. The van der Waals surface area contributed by atoms with Crippen molar-refractivity contribution in [3.05, 3.63) is 24.3 Å². The van der Waals surface area contributed by atoms with Gasteiger partial charge in [0.25, 0.3) is 5.91 Å². The summed E-state index contributed by atoms with van der Waals surface area (Å²) in [5, 5.41) is 3.38. The molecule has 0 atom stereocenters. The average molecular weight is 306 g/mol. The van der Waals surface area contributed by atoms with Gasteiger partial charge in [0.15, 0.2) is 6.61 Å². The maximum Gasteiger partial charge on any atom is 0.260 e. The molecule has 122 valence electrons. The van der Waals surface area contributed by atoms with Crippen molar-refractivity contribution in [1.82, 2.24) is 10.2 Å². The molecule has 22 heavy (non-hydrogen) atoms. The molecule has 0 unspecified atom stereocenters. The smallest absolute Gasteiger partial charge is 0.260 e. The Morgan fingerprint density at radius 1 is 1.32 bits per heavy atom. The molecule has 1 heterocycles. The fourth-order valence-electron chi connectivity index (χ4n) is 2.66. The van der Waals surface area contributed by atoms with Gasteiger partial charge in [-0.05, 0) is 44.0 Å². The number of nitrogens with zero attached hydrogens (tertiary/aromatic N) is 1. The quantitative estimate of drug-likeness (QED) is 0.836. The van der Waals surface area contributed by atoms with Crippen LogP contribution in [0.5, 0.6) is 11.5 Å². The number of amides is 1. The Bertz CT molecular complexity index is 471. The van der Waals surface area contributed by atoms with Gasteiger partial charge in [-0.1, -0.05) is 13.0 Å². The van der Waals surface area contributed by atoms with Gasteiger partial charge in [-0.2, -0.15) is 0 Å². The molecule has 0 radical (unpaired) electrons. The van der Waals surface area contributed by atoms with Crippen molar-refractivity contribution < 1.29 is 14.3 Å². The summed E-state index contributed by atoms with van der Waals surface area (Å²) in [6.45, 7) is 5.93. The number of piperidine rings is 1. The molecule has 1 aromatic carbocycles. The van der Waals surface area contributed by atoms with Crippen molar-refractivity contribution >= 4 is 5.91 Å². The van der Waals surface area contributed by atoms with Crippen LogP contribution in [-0.2, 0) is 4.79 Å². The van der Waals surface area contributed by atoms with E-state index in [1.54, 1.807) is 13.2 Å². The van der Waals surface area contributed by atoms with Crippen molar-refractivity contribution in [1.29, 1.82) is 0 Å². The number of methoxy groups -OCH3 is 1. The zero-order valence-corrected chi connectivity index (χ0v) is 13.5. The molecule has 5 nitrogen and oxygen atoms in total. The summed E-state index contributed by atoms with van der Waals surface area (Å²) in [4.78, 5) is 14.1. The zero-order valence-electron chi connectivity index (χ0n) is 13.5. The summed E-state index contributed by atoms with van der Waals surface area (Å²) in [5.41, 5.74) is 0. The van der Waals surface area contributed by atoms with Crippen molar-refractivity contribution in [2.75, 3.05) is 39.9 Å². The number of carbonyl (C=O) groups excluding carboxylic acids is 1. The number of likely N-dealkylation sites (tertiary alicyclic amines) is 1. The highest BCUT2D eigenvalue weighted by atomic mass is 16.5. The lowest BCUT2D eigenvalue weighted by Crippen LogP contribution is -2.42. The topological polar surface area (TPSA) is 50.8 Å². The van der Waals surface area contributed by atoms with E-state index < -0.39 is 0 Å².